The molecule has 0 fully saturated rings. The minimum absolute atomic E-state index is 0.0761. The molecule has 1 atom stereocenters. The van der Waals surface area contributed by atoms with Crippen molar-refractivity contribution in [2.24, 2.45) is 5.41 Å². The molecule has 142 valence electrons. The molecule has 0 aliphatic rings. The molecule has 0 aliphatic carbocycles. The van der Waals surface area contributed by atoms with E-state index < -0.39 is 9.84 Å². The van der Waals surface area contributed by atoms with Gasteiger partial charge in [0.1, 0.15) is 12.4 Å². The van der Waals surface area contributed by atoms with Gasteiger partial charge in [-0.05, 0) is 35.4 Å². The summed E-state index contributed by atoms with van der Waals surface area (Å²) in [6.07, 6.45) is 2.22. The van der Waals surface area contributed by atoms with E-state index in [2.05, 4.69) is 27.4 Å². The van der Waals surface area contributed by atoms with Gasteiger partial charge in [-0.15, -0.1) is 0 Å². The van der Waals surface area contributed by atoms with Crippen molar-refractivity contribution in [2.75, 3.05) is 31.3 Å². The molecule has 0 N–H and O–H groups in total. The first kappa shape index (κ1) is 21.7. The Bertz CT molecular complexity index is 629. The Hall–Kier alpha value is -1.33. The molecular formula is C20H32O4S. The van der Waals surface area contributed by atoms with E-state index in [9.17, 15) is 8.42 Å². The zero-order chi connectivity index (χ0) is 18.9. The molecule has 0 radical (unpaired) electrons. The van der Waals surface area contributed by atoms with Crippen LogP contribution in [-0.2, 0) is 14.6 Å². The highest BCUT2D eigenvalue weighted by molar-refractivity contribution is 7.91. The standard InChI is InChI=1S/C20H32O4S/c1-6-11-24-19-10-7-9-18(14-19)17(2)15-25(21,22)13-8-12-23-16-20(3,4)5/h6-7,9-10,14,17H,1,8,11-13,15-16H2,2-5H3/t17-/m0/s1. The first-order chi connectivity index (χ1) is 11.6. The van der Waals surface area contributed by atoms with Crippen LogP contribution in [0, 0.1) is 5.41 Å². The van der Waals surface area contributed by atoms with Crippen molar-refractivity contribution in [3.8, 4) is 5.75 Å². The van der Waals surface area contributed by atoms with E-state index in [0.29, 0.717) is 26.2 Å². The van der Waals surface area contributed by atoms with E-state index >= 15 is 0 Å². The Morgan fingerprint density at radius 1 is 1.28 bits per heavy atom. The van der Waals surface area contributed by atoms with Gasteiger partial charge in [0.15, 0.2) is 9.84 Å². The fraction of sp³-hybridized carbons (Fsp3) is 0.600. The Balaban J connectivity index is 2.48. The largest absolute Gasteiger partial charge is 0.490 e. The molecule has 0 unspecified atom stereocenters. The van der Waals surface area contributed by atoms with Crippen molar-refractivity contribution >= 4 is 9.84 Å². The van der Waals surface area contributed by atoms with Gasteiger partial charge in [-0.2, -0.15) is 0 Å². The zero-order valence-corrected chi connectivity index (χ0v) is 16.8. The Morgan fingerprint density at radius 3 is 2.64 bits per heavy atom. The summed E-state index contributed by atoms with van der Waals surface area (Å²) in [7, 11) is -3.11. The topological polar surface area (TPSA) is 52.6 Å². The van der Waals surface area contributed by atoms with E-state index in [4.69, 9.17) is 9.47 Å². The number of hydrogen-bond acceptors (Lipinski definition) is 4. The van der Waals surface area contributed by atoms with Crippen molar-refractivity contribution in [1.29, 1.82) is 0 Å². The maximum absolute atomic E-state index is 12.3. The molecule has 0 saturated heterocycles. The van der Waals surface area contributed by atoms with Crippen LogP contribution >= 0.6 is 0 Å². The molecule has 0 amide bonds. The van der Waals surface area contributed by atoms with Gasteiger partial charge in [0.25, 0.3) is 0 Å². The van der Waals surface area contributed by atoms with Crippen LogP contribution in [0.3, 0.4) is 0 Å². The van der Waals surface area contributed by atoms with Gasteiger partial charge in [0.05, 0.1) is 18.1 Å². The smallest absolute Gasteiger partial charge is 0.150 e. The summed E-state index contributed by atoms with van der Waals surface area (Å²) in [6.45, 7) is 13.4. The number of ether oxygens (including phenoxy) is 2. The average molecular weight is 369 g/mol. The molecule has 0 saturated carbocycles. The van der Waals surface area contributed by atoms with Gasteiger partial charge in [0, 0.05) is 6.61 Å². The van der Waals surface area contributed by atoms with Gasteiger partial charge in [-0.1, -0.05) is 52.5 Å². The Kier molecular flexibility index (Phi) is 8.66. The van der Waals surface area contributed by atoms with Crippen LogP contribution in [0.1, 0.15) is 45.6 Å². The van der Waals surface area contributed by atoms with E-state index in [1.54, 1.807) is 6.08 Å². The van der Waals surface area contributed by atoms with E-state index in [0.717, 1.165) is 11.3 Å². The highest BCUT2D eigenvalue weighted by Gasteiger charge is 2.18. The second-order valence-electron chi connectivity index (χ2n) is 7.65. The van der Waals surface area contributed by atoms with Crippen LogP contribution in [0.15, 0.2) is 36.9 Å². The van der Waals surface area contributed by atoms with Gasteiger partial charge < -0.3 is 9.47 Å². The summed E-state index contributed by atoms with van der Waals surface area (Å²) >= 11 is 0. The number of rotatable bonds is 11. The molecule has 1 aromatic rings. The van der Waals surface area contributed by atoms with Crippen LogP contribution < -0.4 is 4.74 Å². The molecule has 25 heavy (non-hydrogen) atoms. The van der Waals surface area contributed by atoms with Crippen molar-refractivity contribution in [2.45, 2.75) is 40.0 Å². The fourth-order valence-electron chi connectivity index (χ4n) is 2.39. The minimum Gasteiger partial charge on any atom is -0.490 e. The first-order valence-electron chi connectivity index (χ1n) is 8.75. The monoisotopic (exact) mass is 368 g/mol. The van der Waals surface area contributed by atoms with E-state index in [1.165, 1.54) is 0 Å². The van der Waals surface area contributed by atoms with Gasteiger partial charge in [0.2, 0.25) is 0 Å². The number of sulfone groups is 1. The molecule has 1 rings (SSSR count). The van der Waals surface area contributed by atoms with Crippen LogP contribution in [0.4, 0.5) is 0 Å². The summed E-state index contributed by atoms with van der Waals surface area (Å²) in [5.74, 6) is 0.954. The predicted molar refractivity (Wildman–Crippen MR) is 104 cm³/mol. The summed E-state index contributed by atoms with van der Waals surface area (Å²) in [5.41, 5.74) is 1.07. The first-order valence-corrected chi connectivity index (χ1v) is 10.6. The normalized spacial score (nSPS) is 13.4. The van der Waals surface area contributed by atoms with Crippen LogP contribution in [0.5, 0.6) is 5.75 Å². The van der Waals surface area contributed by atoms with Crippen molar-refractivity contribution in [1.82, 2.24) is 0 Å². The molecule has 0 spiro atoms. The zero-order valence-electron chi connectivity index (χ0n) is 16.0. The van der Waals surface area contributed by atoms with Gasteiger partial charge >= 0.3 is 0 Å². The summed E-state index contributed by atoms with van der Waals surface area (Å²) < 4.78 is 35.7. The lowest BCUT2D eigenvalue weighted by Gasteiger charge is -2.18. The fourth-order valence-corrected chi connectivity index (χ4v) is 4.06. The summed E-state index contributed by atoms with van der Waals surface area (Å²) in [6, 6.07) is 7.58. The van der Waals surface area contributed by atoms with Crippen LogP contribution in [0.25, 0.3) is 0 Å². The SMILES string of the molecule is C=CCOc1cccc([C@@H](C)CS(=O)(=O)CCCOCC(C)(C)C)c1. The predicted octanol–water partition coefficient (Wildman–Crippen LogP) is 4.22. The molecule has 0 aliphatic heterocycles. The maximum Gasteiger partial charge on any atom is 0.150 e. The lowest BCUT2D eigenvalue weighted by atomic mass is 9.99. The number of benzene rings is 1. The van der Waals surface area contributed by atoms with Crippen molar-refractivity contribution in [3.05, 3.63) is 42.5 Å². The average Bonchev–Trinajstić information content (AvgIpc) is 2.51. The molecule has 0 aromatic heterocycles. The lowest BCUT2D eigenvalue weighted by Crippen LogP contribution is -2.19. The third kappa shape index (κ3) is 9.66. The van der Waals surface area contributed by atoms with E-state index in [1.807, 2.05) is 31.2 Å². The highest BCUT2D eigenvalue weighted by atomic mass is 32.2. The third-order valence-corrected chi connectivity index (χ3v) is 5.50. The third-order valence-electron chi connectivity index (χ3n) is 3.58. The molecule has 5 heteroatoms. The number of hydrogen-bond donors (Lipinski definition) is 0. The van der Waals surface area contributed by atoms with Crippen molar-refractivity contribution in [3.63, 3.8) is 0 Å². The molecule has 1 aromatic carbocycles. The van der Waals surface area contributed by atoms with Crippen LogP contribution in [-0.4, -0.2) is 39.7 Å². The minimum atomic E-state index is -3.11. The Labute approximate surface area is 153 Å². The lowest BCUT2D eigenvalue weighted by molar-refractivity contribution is 0.0720. The molecular weight excluding hydrogens is 336 g/mol. The van der Waals surface area contributed by atoms with Crippen LogP contribution in [0.2, 0.25) is 0 Å². The quantitative estimate of drug-likeness (QED) is 0.433. The second kappa shape index (κ2) is 9.97. The highest BCUT2D eigenvalue weighted by Crippen LogP contribution is 2.22. The molecule has 0 heterocycles. The summed E-state index contributed by atoms with van der Waals surface area (Å²) in [4.78, 5) is 0. The van der Waals surface area contributed by atoms with Crippen molar-refractivity contribution < 1.29 is 17.9 Å². The van der Waals surface area contributed by atoms with E-state index in [-0.39, 0.29) is 22.8 Å². The molecule has 4 nitrogen and oxygen atoms in total. The second-order valence-corrected chi connectivity index (χ2v) is 9.88. The van der Waals surface area contributed by atoms with Gasteiger partial charge in [-0.3, -0.25) is 0 Å². The molecule has 0 bridgehead atoms. The van der Waals surface area contributed by atoms with Gasteiger partial charge in [-0.25, -0.2) is 8.42 Å². The Morgan fingerprint density at radius 2 is 2.00 bits per heavy atom. The summed E-state index contributed by atoms with van der Waals surface area (Å²) in [5, 5.41) is 0. The maximum atomic E-state index is 12.3.